The molecule has 0 unspecified atom stereocenters. The van der Waals surface area contributed by atoms with Crippen LogP contribution in [0.15, 0.2) is 24.3 Å². The van der Waals surface area contributed by atoms with Crippen LogP contribution in [0.2, 0.25) is 0 Å². The number of rotatable bonds is 2. The molecule has 2 atom stereocenters. The molecule has 0 spiro atoms. The van der Waals surface area contributed by atoms with Crippen LogP contribution in [-0.2, 0) is 0 Å². The summed E-state index contributed by atoms with van der Waals surface area (Å²) < 4.78 is 12.8. The first-order valence-corrected chi connectivity index (χ1v) is 5.25. The highest BCUT2D eigenvalue weighted by molar-refractivity contribution is 5.23. The fraction of sp³-hybridized carbons (Fsp3) is 0.500. The van der Waals surface area contributed by atoms with Gasteiger partial charge in [0.2, 0.25) is 0 Å². The third-order valence-electron chi connectivity index (χ3n) is 3.16. The number of likely N-dealkylation sites (tertiary alicyclic amines) is 1. The molecule has 0 saturated carbocycles. The first kappa shape index (κ1) is 10.6. The van der Waals surface area contributed by atoms with Gasteiger partial charge in [-0.15, -0.1) is 0 Å². The van der Waals surface area contributed by atoms with E-state index in [2.05, 4.69) is 4.90 Å². The molecule has 1 aliphatic heterocycles. The molecule has 1 aromatic carbocycles. The van der Waals surface area contributed by atoms with Crippen LogP contribution in [0.5, 0.6) is 0 Å². The highest BCUT2D eigenvalue weighted by Gasteiger charge is 2.31. The van der Waals surface area contributed by atoms with Crippen molar-refractivity contribution in [3.63, 3.8) is 0 Å². The summed E-state index contributed by atoms with van der Waals surface area (Å²) in [5.74, 6) is 0.409. The normalized spacial score (nSPS) is 27.1. The van der Waals surface area contributed by atoms with Gasteiger partial charge in [0.25, 0.3) is 0 Å². The monoisotopic (exact) mass is 209 g/mol. The van der Waals surface area contributed by atoms with Gasteiger partial charge in [0, 0.05) is 31.5 Å². The van der Waals surface area contributed by atoms with E-state index >= 15 is 0 Å². The molecule has 0 radical (unpaired) electrons. The second-order valence-corrected chi connectivity index (χ2v) is 4.32. The van der Waals surface area contributed by atoms with Gasteiger partial charge in [-0.25, -0.2) is 4.39 Å². The van der Waals surface area contributed by atoms with Crippen molar-refractivity contribution in [3.8, 4) is 0 Å². The standard InChI is InChI=1S/C12H16FNO/c1-14-6-10(8-15)12(7-14)9-2-4-11(13)5-3-9/h2-5,10,12,15H,6-8H2,1H3/t10-,12-/m1/s1. The fourth-order valence-electron chi connectivity index (χ4n) is 2.36. The molecular weight excluding hydrogens is 193 g/mol. The minimum atomic E-state index is -0.203. The van der Waals surface area contributed by atoms with E-state index in [1.165, 1.54) is 12.1 Å². The lowest BCUT2D eigenvalue weighted by Crippen LogP contribution is -2.15. The molecule has 1 heterocycles. The van der Waals surface area contributed by atoms with E-state index in [1.54, 1.807) is 0 Å². The quantitative estimate of drug-likeness (QED) is 0.797. The Labute approximate surface area is 89.3 Å². The summed E-state index contributed by atoms with van der Waals surface area (Å²) in [6.45, 7) is 2.06. The largest absolute Gasteiger partial charge is 0.396 e. The predicted molar refractivity (Wildman–Crippen MR) is 57.2 cm³/mol. The second-order valence-electron chi connectivity index (χ2n) is 4.32. The molecule has 1 saturated heterocycles. The summed E-state index contributed by atoms with van der Waals surface area (Å²) in [6, 6.07) is 6.62. The zero-order chi connectivity index (χ0) is 10.8. The van der Waals surface area contributed by atoms with Crippen molar-refractivity contribution in [2.45, 2.75) is 5.92 Å². The lowest BCUT2D eigenvalue weighted by Gasteiger charge is -2.16. The van der Waals surface area contributed by atoms with Crippen molar-refractivity contribution >= 4 is 0 Å². The Morgan fingerprint density at radius 3 is 2.60 bits per heavy atom. The van der Waals surface area contributed by atoms with Gasteiger partial charge in [-0.05, 0) is 24.7 Å². The average molecular weight is 209 g/mol. The van der Waals surface area contributed by atoms with E-state index in [4.69, 9.17) is 0 Å². The second kappa shape index (κ2) is 4.29. The van der Waals surface area contributed by atoms with Crippen molar-refractivity contribution in [2.24, 2.45) is 5.92 Å². The average Bonchev–Trinajstić information content (AvgIpc) is 2.61. The van der Waals surface area contributed by atoms with Crippen LogP contribution in [0, 0.1) is 11.7 Å². The van der Waals surface area contributed by atoms with E-state index in [0.717, 1.165) is 18.7 Å². The molecule has 2 rings (SSSR count). The Kier molecular flexibility index (Phi) is 3.03. The lowest BCUT2D eigenvalue weighted by atomic mass is 9.89. The zero-order valence-corrected chi connectivity index (χ0v) is 8.86. The minimum Gasteiger partial charge on any atom is -0.396 e. The minimum absolute atomic E-state index is 0.201. The molecule has 1 fully saturated rings. The molecule has 0 aromatic heterocycles. The summed E-state index contributed by atoms with van der Waals surface area (Å²) in [6.07, 6.45) is 0. The van der Waals surface area contributed by atoms with Crippen LogP contribution < -0.4 is 0 Å². The van der Waals surface area contributed by atoms with E-state index in [-0.39, 0.29) is 18.3 Å². The number of aliphatic hydroxyl groups is 1. The number of hydrogen-bond acceptors (Lipinski definition) is 2. The molecule has 1 N–H and O–H groups in total. The van der Waals surface area contributed by atoms with Gasteiger partial charge in [-0.2, -0.15) is 0 Å². The van der Waals surface area contributed by atoms with Crippen LogP contribution in [-0.4, -0.2) is 36.8 Å². The first-order valence-electron chi connectivity index (χ1n) is 5.25. The summed E-state index contributed by atoms with van der Waals surface area (Å²) >= 11 is 0. The third kappa shape index (κ3) is 2.19. The van der Waals surface area contributed by atoms with Crippen molar-refractivity contribution < 1.29 is 9.50 Å². The molecule has 2 nitrogen and oxygen atoms in total. The van der Waals surface area contributed by atoms with E-state index < -0.39 is 0 Å². The molecule has 3 heteroatoms. The SMILES string of the molecule is CN1C[C@H](CO)[C@@H](c2ccc(F)cc2)C1. The Bertz CT molecular complexity index is 325. The van der Waals surface area contributed by atoms with E-state index in [9.17, 15) is 9.50 Å². The van der Waals surface area contributed by atoms with Crippen molar-refractivity contribution in [1.82, 2.24) is 4.90 Å². The van der Waals surface area contributed by atoms with Crippen molar-refractivity contribution in [3.05, 3.63) is 35.6 Å². The van der Waals surface area contributed by atoms with Gasteiger partial charge in [-0.1, -0.05) is 12.1 Å². The van der Waals surface area contributed by atoms with Gasteiger partial charge in [-0.3, -0.25) is 0 Å². The van der Waals surface area contributed by atoms with Gasteiger partial charge < -0.3 is 10.0 Å². The summed E-state index contributed by atoms with van der Waals surface area (Å²) in [5, 5.41) is 9.27. The van der Waals surface area contributed by atoms with E-state index in [1.807, 2.05) is 19.2 Å². The third-order valence-corrected chi connectivity index (χ3v) is 3.16. The number of halogens is 1. The maximum absolute atomic E-state index is 12.8. The number of hydrogen-bond donors (Lipinski definition) is 1. The molecule has 15 heavy (non-hydrogen) atoms. The van der Waals surface area contributed by atoms with Crippen LogP contribution >= 0.6 is 0 Å². The first-order chi connectivity index (χ1) is 7.20. The molecule has 1 aliphatic rings. The predicted octanol–water partition coefficient (Wildman–Crippen LogP) is 1.46. The number of nitrogens with zero attached hydrogens (tertiary/aromatic N) is 1. The maximum atomic E-state index is 12.8. The van der Waals surface area contributed by atoms with Crippen molar-refractivity contribution in [2.75, 3.05) is 26.7 Å². The highest BCUT2D eigenvalue weighted by atomic mass is 19.1. The van der Waals surface area contributed by atoms with Crippen LogP contribution in [0.1, 0.15) is 11.5 Å². The zero-order valence-electron chi connectivity index (χ0n) is 8.86. The summed E-state index contributed by atoms with van der Waals surface area (Å²) in [4.78, 5) is 2.20. The van der Waals surface area contributed by atoms with Gasteiger partial charge in [0.15, 0.2) is 0 Å². The van der Waals surface area contributed by atoms with Gasteiger partial charge in [0.05, 0.1) is 0 Å². The smallest absolute Gasteiger partial charge is 0.123 e. The molecule has 82 valence electrons. The topological polar surface area (TPSA) is 23.5 Å². The summed E-state index contributed by atoms with van der Waals surface area (Å²) in [5.41, 5.74) is 1.12. The summed E-state index contributed by atoms with van der Waals surface area (Å²) in [7, 11) is 2.05. The maximum Gasteiger partial charge on any atom is 0.123 e. The van der Waals surface area contributed by atoms with Gasteiger partial charge in [0.1, 0.15) is 5.82 Å². The van der Waals surface area contributed by atoms with E-state index in [0.29, 0.717) is 5.92 Å². The molecular formula is C12H16FNO. The lowest BCUT2D eigenvalue weighted by molar-refractivity contribution is 0.219. The van der Waals surface area contributed by atoms with Crippen LogP contribution in [0.3, 0.4) is 0 Å². The number of aliphatic hydroxyl groups excluding tert-OH is 1. The van der Waals surface area contributed by atoms with Crippen LogP contribution in [0.4, 0.5) is 4.39 Å². The Hall–Kier alpha value is -0.930. The number of benzene rings is 1. The van der Waals surface area contributed by atoms with Gasteiger partial charge >= 0.3 is 0 Å². The Morgan fingerprint density at radius 1 is 1.33 bits per heavy atom. The molecule has 0 aliphatic carbocycles. The highest BCUT2D eigenvalue weighted by Crippen LogP contribution is 2.31. The number of likely N-dealkylation sites (N-methyl/N-ethyl adjacent to an activating group) is 1. The molecule has 1 aromatic rings. The molecule has 0 bridgehead atoms. The van der Waals surface area contributed by atoms with Crippen LogP contribution in [0.25, 0.3) is 0 Å². The Morgan fingerprint density at radius 2 is 2.00 bits per heavy atom. The van der Waals surface area contributed by atoms with Crippen molar-refractivity contribution in [1.29, 1.82) is 0 Å². The Balaban J connectivity index is 2.19. The fourth-order valence-corrected chi connectivity index (χ4v) is 2.36. The molecule has 0 amide bonds.